The van der Waals surface area contributed by atoms with E-state index >= 15 is 0 Å². The minimum absolute atomic E-state index is 0.764. The third kappa shape index (κ3) is 6.13. The van der Waals surface area contributed by atoms with Crippen molar-refractivity contribution in [1.29, 1.82) is 0 Å². The molecule has 0 aliphatic carbocycles. The number of hydrogen-bond donors (Lipinski definition) is 2. The maximum absolute atomic E-state index is 5.92. The van der Waals surface area contributed by atoms with Gasteiger partial charge in [0.05, 0.1) is 0 Å². The van der Waals surface area contributed by atoms with Gasteiger partial charge in [0.25, 0.3) is 0 Å². The van der Waals surface area contributed by atoms with E-state index in [1.165, 1.54) is 11.1 Å². The highest BCUT2D eigenvalue weighted by Gasteiger charge is 2.05. The van der Waals surface area contributed by atoms with Gasteiger partial charge in [-0.2, -0.15) is 0 Å². The van der Waals surface area contributed by atoms with Crippen LogP contribution in [0.3, 0.4) is 0 Å². The molecule has 28 heavy (non-hydrogen) atoms. The Labute approximate surface area is 171 Å². The molecule has 2 N–H and O–H groups in total. The van der Waals surface area contributed by atoms with Crippen LogP contribution in [0.4, 0.5) is 0 Å². The molecule has 1 aromatic heterocycles. The van der Waals surface area contributed by atoms with Crippen LogP contribution in [0.5, 0.6) is 0 Å². The zero-order valence-corrected chi connectivity index (χ0v) is 16.9. The van der Waals surface area contributed by atoms with E-state index in [0.29, 0.717) is 0 Å². The van der Waals surface area contributed by atoms with Crippen molar-refractivity contribution in [2.75, 3.05) is 20.1 Å². The molecule has 3 aromatic rings. The molecule has 6 heteroatoms. The molecule has 0 fully saturated rings. The zero-order chi connectivity index (χ0) is 19.6. The summed E-state index contributed by atoms with van der Waals surface area (Å²) in [4.78, 5) is 8.78. The minimum atomic E-state index is 0.764. The molecule has 1 heterocycles. The van der Waals surface area contributed by atoms with Crippen molar-refractivity contribution < 1.29 is 0 Å². The molecular weight excluding hydrogens is 370 g/mol. The van der Waals surface area contributed by atoms with Gasteiger partial charge in [-0.25, -0.2) is 4.98 Å². The van der Waals surface area contributed by atoms with E-state index in [1.54, 1.807) is 7.05 Å². The van der Waals surface area contributed by atoms with Crippen molar-refractivity contribution in [2.45, 2.75) is 19.4 Å². The molecule has 0 saturated heterocycles. The van der Waals surface area contributed by atoms with Gasteiger partial charge in [-0.1, -0.05) is 54.1 Å². The van der Waals surface area contributed by atoms with E-state index in [1.807, 2.05) is 42.7 Å². The molecule has 0 spiro atoms. The number of rotatable bonds is 8. The van der Waals surface area contributed by atoms with E-state index < -0.39 is 0 Å². The van der Waals surface area contributed by atoms with E-state index in [-0.39, 0.29) is 0 Å². The SMILES string of the molecule is CN=C(NCCc1ccc(Cl)cc1)NCCc1nccn1Cc1ccccc1. The Morgan fingerprint density at radius 3 is 2.39 bits per heavy atom. The molecule has 0 bridgehead atoms. The van der Waals surface area contributed by atoms with Crippen LogP contribution in [-0.2, 0) is 19.4 Å². The lowest BCUT2D eigenvalue weighted by atomic mass is 10.1. The van der Waals surface area contributed by atoms with Crippen LogP contribution in [0.15, 0.2) is 72.0 Å². The fourth-order valence-corrected chi connectivity index (χ4v) is 3.11. The number of imidazole rings is 1. The molecule has 0 radical (unpaired) electrons. The Morgan fingerprint density at radius 2 is 1.68 bits per heavy atom. The smallest absolute Gasteiger partial charge is 0.191 e. The van der Waals surface area contributed by atoms with E-state index in [9.17, 15) is 0 Å². The number of guanidine groups is 1. The molecule has 0 unspecified atom stereocenters. The van der Waals surface area contributed by atoms with E-state index in [2.05, 4.69) is 49.4 Å². The van der Waals surface area contributed by atoms with Gasteiger partial charge < -0.3 is 15.2 Å². The lowest BCUT2D eigenvalue weighted by Gasteiger charge is -2.13. The molecule has 146 valence electrons. The Balaban J connectivity index is 1.42. The van der Waals surface area contributed by atoms with Crippen LogP contribution in [0, 0.1) is 0 Å². The quantitative estimate of drug-likeness (QED) is 0.453. The van der Waals surface area contributed by atoms with Gasteiger partial charge in [0, 0.05) is 50.5 Å². The summed E-state index contributed by atoms with van der Waals surface area (Å²) in [6, 6.07) is 18.4. The number of nitrogens with zero attached hydrogens (tertiary/aromatic N) is 3. The van der Waals surface area contributed by atoms with Gasteiger partial charge in [0.1, 0.15) is 5.82 Å². The predicted molar refractivity (Wildman–Crippen MR) is 116 cm³/mol. The second-order valence-corrected chi connectivity index (χ2v) is 6.95. The number of aromatic nitrogens is 2. The first kappa shape index (κ1) is 20.0. The molecule has 5 nitrogen and oxygen atoms in total. The third-order valence-electron chi connectivity index (χ3n) is 4.48. The molecule has 0 atom stereocenters. The van der Waals surface area contributed by atoms with Crippen molar-refractivity contribution in [2.24, 2.45) is 4.99 Å². The number of benzene rings is 2. The number of aliphatic imine (C=N–C) groups is 1. The van der Waals surface area contributed by atoms with Crippen LogP contribution in [-0.4, -0.2) is 35.6 Å². The third-order valence-corrected chi connectivity index (χ3v) is 4.73. The highest BCUT2D eigenvalue weighted by Crippen LogP contribution is 2.09. The van der Waals surface area contributed by atoms with Gasteiger partial charge >= 0.3 is 0 Å². The molecule has 0 aliphatic heterocycles. The monoisotopic (exact) mass is 395 g/mol. The summed E-state index contributed by atoms with van der Waals surface area (Å²) >= 11 is 5.92. The first-order valence-corrected chi connectivity index (χ1v) is 9.85. The molecular formula is C22H26ClN5. The summed E-state index contributed by atoms with van der Waals surface area (Å²) in [5.74, 6) is 1.86. The fraction of sp³-hybridized carbons (Fsp3) is 0.273. The second-order valence-electron chi connectivity index (χ2n) is 6.51. The normalized spacial score (nSPS) is 11.4. The van der Waals surface area contributed by atoms with Gasteiger partial charge in [-0.3, -0.25) is 4.99 Å². The van der Waals surface area contributed by atoms with Crippen LogP contribution >= 0.6 is 11.6 Å². The Hall–Kier alpha value is -2.79. The van der Waals surface area contributed by atoms with Gasteiger partial charge in [0.15, 0.2) is 5.96 Å². The first-order chi connectivity index (χ1) is 13.7. The van der Waals surface area contributed by atoms with Crippen molar-refractivity contribution >= 4 is 17.6 Å². The number of nitrogens with one attached hydrogen (secondary N) is 2. The zero-order valence-electron chi connectivity index (χ0n) is 16.1. The maximum atomic E-state index is 5.92. The Bertz CT molecular complexity index is 871. The molecule has 0 aliphatic rings. The van der Waals surface area contributed by atoms with Crippen LogP contribution in [0.2, 0.25) is 5.02 Å². The summed E-state index contributed by atoms with van der Waals surface area (Å²) in [5, 5.41) is 7.47. The largest absolute Gasteiger partial charge is 0.356 e. The standard InChI is InChI=1S/C22H26ClN5/c1-24-22(26-13-11-18-7-9-20(23)10-8-18)27-14-12-21-25-15-16-28(21)17-19-5-3-2-4-6-19/h2-10,15-16H,11-14,17H2,1H3,(H2,24,26,27). The Kier molecular flexibility index (Phi) is 7.50. The molecule has 2 aromatic carbocycles. The van der Waals surface area contributed by atoms with Gasteiger partial charge in [-0.05, 0) is 29.7 Å². The number of halogens is 1. The van der Waals surface area contributed by atoms with Gasteiger partial charge in [-0.15, -0.1) is 0 Å². The highest BCUT2D eigenvalue weighted by atomic mass is 35.5. The molecule has 0 amide bonds. The summed E-state index contributed by atoms with van der Waals surface area (Å²) < 4.78 is 2.19. The predicted octanol–water partition coefficient (Wildman–Crippen LogP) is 3.54. The van der Waals surface area contributed by atoms with Gasteiger partial charge in [0.2, 0.25) is 0 Å². The fourth-order valence-electron chi connectivity index (χ4n) is 2.98. The summed E-state index contributed by atoms with van der Waals surface area (Å²) in [6.45, 7) is 2.42. The first-order valence-electron chi connectivity index (χ1n) is 9.47. The lowest BCUT2D eigenvalue weighted by molar-refractivity contribution is 0.693. The highest BCUT2D eigenvalue weighted by molar-refractivity contribution is 6.30. The lowest BCUT2D eigenvalue weighted by Crippen LogP contribution is -2.39. The number of hydrogen-bond acceptors (Lipinski definition) is 2. The van der Waals surface area contributed by atoms with E-state index in [0.717, 1.165) is 49.3 Å². The second kappa shape index (κ2) is 10.5. The Morgan fingerprint density at radius 1 is 0.964 bits per heavy atom. The summed E-state index contributed by atoms with van der Waals surface area (Å²) in [7, 11) is 1.79. The van der Waals surface area contributed by atoms with Crippen molar-refractivity contribution in [3.8, 4) is 0 Å². The van der Waals surface area contributed by atoms with Crippen molar-refractivity contribution in [3.63, 3.8) is 0 Å². The van der Waals surface area contributed by atoms with Crippen LogP contribution < -0.4 is 10.6 Å². The van der Waals surface area contributed by atoms with Crippen molar-refractivity contribution in [1.82, 2.24) is 20.2 Å². The average Bonchev–Trinajstić information content (AvgIpc) is 3.16. The van der Waals surface area contributed by atoms with Crippen LogP contribution in [0.25, 0.3) is 0 Å². The summed E-state index contributed by atoms with van der Waals surface area (Å²) in [6.07, 6.45) is 5.63. The van der Waals surface area contributed by atoms with Crippen molar-refractivity contribution in [3.05, 3.63) is 89.0 Å². The molecule has 0 saturated carbocycles. The average molecular weight is 396 g/mol. The van der Waals surface area contributed by atoms with E-state index in [4.69, 9.17) is 11.6 Å². The van der Waals surface area contributed by atoms with Crippen LogP contribution in [0.1, 0.15) is 17.0 Å². The molecule has 3 rings (SSSR count). The maximum Gasteiger partial charge on any atom is 0.191 e. The minimum Gasteiger partial charge on any atom is -0.356 e. The summed E-state index contributed by atoms with van der Waals surface area (Å²) in [5.41, 5.74) is 2.52. The topological polar surface area (TPSA) is 54.2 Å².